The highest BCUT2D eigenvalue weighted by atomic mass is 32.2. The van der Waals surface area contributed by atoms with Crippen molar-refractivity contribution in [2.24, 2.45) is 5.92 Å². The zero-order chi connectivity index (χ0) is 30.0. The lowest BCUT2D eigenvalue weighted by Crippen LogP contribution is -2.44. The van der Waals surface area contributed by atoms with Crippen LogP contribution >= 0.6 is 0 Å². The number of nitriles is 1. The number of sulfonamides is 1. The van der Waals surface area contributed by atoms with E-state index in [9.17, 15) is 23.6 Å². The molecule has 1 atom stereocenters. The molecule has 0 aliphatic carbocycles. The second-order valence-corrected chi connectivity index (χ2v) is 13.2. The smallest absolute Gasteiger partial charge is 0.407 e. The van der Waals surface area contributed by atoms with Crippen LogP contribution in [0.25, 0.3) is 0 Å². The van der Waals surface area contributed by atoms with E-state index in [1.54, 1.807) is 37.4 Å². The predicted octanol–water partition coefficient (Wildman–Crippen LogP) is 5.44. The molecule has 3 aromatic rings. The number of hydrogen-bond acceptors (Lipinski definition) is 5. The summed E-state index contributed by atoms with van der Waals surface area (Å²) in [4.78, 5) is 15.9. The summed E-state index contributed by atoms with van der Waals surface area (Å²) in [7, 11) is -2.21. The molecule has 42 heavy (non-hydrogen) atoms. The zero-order valence-electron chi connectivity index (χ0n) is 24.2. The second-order valence-electron chi connectivity index (χ2n) is 11.1. The molecule has 1 saturated heterocycles. The van der Waals surface area contributed by atoms with Gasteiger partial charge in [-0.2, -0.15) is 9.57 Å². The van der Waals surface area contributed by atoms with Gasteiger partial charge in [0.15, 0.2) is 0 Å². The minimum Gasteiger partial charge on any atom is -0.465 e. The van der Waals surface area contributed by atoms with E-state index in [2.05, 4.69) is 11.0 Å². The zero-order valence-corrected chi connectivity index (χ0v) is 25.0. The summed E-state index contributed by atoms with van der Waals surface area (Å²) < 4.78 is 27.9. The van der Waals surface area contributed by atoms with Crippen LogP contribution in [0.1, 0.15) is 36.8 Å². The molecule has 1 unspecified atom stereocenters. The van der Waals surface area contributed by atoms with E-state index in [4.69, 9.17) is 0 Å². The summed E-state index contributed by atoms with van der Waals surface area (Å²) in [5.41, 5.74) is 0.787. The number of amides is 1. The summed E-state index contributed by atoms with van der Waals surface area (Å²) in [6, 6.07) is 30.0. The summed E-state index contributed by atoms with van der Waals surface area (Å²) in [5.74, 6) is 0.441. The summed E-state index contributed by atoms with van der Waals surface area (Å²) >= 11 is 0. The normalized spacial score (nSPS) is 16.0. The molecule has 9 heteroatoms. The standard InChI is InChI=1S/C33H40N4O4S/c1-35(42(40,41)31-15-9-4-10-16-31)27-33(26-34,30-13-7-3-8-14-30)20-24-36-21-17-28(18-22-36)19-23-37(32(38)39)25-29-11-5-2-6-12-29/h2-16,28H,17-25,27H2,1H3,(H,38,39). The lowest BCUT2D eigenvalue weighted by molar-refractivity contribution is 0.128. The average molecular weight is 589 g/mol. The third-order valence-corrected chi connectivity index (χ3v) is 10.2. The van der Waals surface area contributed by atoms with Gasteiger partial charge in [-0.05, 0) is 68.0 Å². The van der Waals surface area contributed by atoms with E-state index < -0.39 is 21.5 Å². The lowest BCUT2D eigenvalue weighted by Gasteiger charge is -2.36. The SMILES string of the molecule is CN(CC(C#N)(CCN1CCC(CCN(Cc2ccccc2)C(=O)O)CC1)c1ccccc1)S(=O)(=O)c1ccccc1. The van der Waals surface area contributed by atoms with Crippen molar-refractivity contribution in [2.45, 2.75) is 42.5 Å². The first-order valence-corrected chi connectivity index (χ1v) is 15.9. The number of hydrogen-bond donors (Lipinski definition) is 1. The maximum absolute atomic E-state index is 13.3. The van der Waals surface area contributed by atoms with Crippen LogP contribution < -0.4 is 0 Å². The molecule has 0 saturated carbocycles. The van der Waals surface area contributed by atoms with E-state index in [0.717, 1.165) is 43.5 Å². The Labute approximate surface area is 249 Å². The minimum atomic E-state index is -3.76. The molecule has 1 fully saturated rings. The molecule has 1 aliphatic rings. The molecule has 1 aliphatic heterocycles. The van der Waals surface area contributed by atoms with Crippen molar-refractivity contribution in [3.63, 3.8) is 0 Å². The second kappa shape index (κ2) is 14.5. The van der Waals surface area contributed by atoms with Crippen LogP contribution in [0, 0.1) is 17.2 Å². The maximum atomic E-state index is 13.3. The van der Waals surface area contributed by atoms with Crippen LogP contribution in [-0.2, 0) is 22.0 Å². The fraction of sp³-hybridized carbons (Fsp3) is 0.394. The summed E-state index contributed by atoms with van der Waals surface area (Å²) in [6.45, 7) is 3.34. The predicted molar refractivity (Wildman–Crippen MR) is 163 cm³/mol. The van der Waals surface area contributed by atoms with Crippen LogP contribution in [0.3, 0.4) is 0 Å². The molecule has 0 radical (unpaired) electrons. The van der Waals surface area contributed by atoms with Gasteiger partial charge in [0.2, 0.25) is 10.0 Å². The van der Waals surface area contributed by atoms with Crippen LogP contribution in [0.2, 0.25) is 0 Å². The van der Waals surface area contributed by atoms with Gasteiger partial charge in [-0.1, -0.05) is 78.9 Å². The van der Waals surface area contributed by atoms with Crippen molar-refractivity contribution in [1.29, 1.82) is 5.26 Å². The number of likely N-dealkylation sites (N-methyl/N-ethyl adjacent to an activating group) is 1. The van der Waals surface area contributed by atoms with Crippen molar-refractivity contribution in [1.82, 2.24) is 14.1 Å². The Balaban J connectivity index is 1.36. The van der Waals surface area contributed by atoms with Gasteiger partial charge in [0.25, 0.3) is 0 Å². The first-order chi connectivity index (χ1) is 20.2. The Morgan fingerprint density at radius 2 is 1.55 bits per heavy atom. The minimum absolute atomic E-state index is 0.0492. The fourth-order valence-electron chi connectivity index (χ4n) is 5.70. The van der Waals surface area contributed by atoms with Crippen molar-refractivity contribution in [3.05, 3.63) is 102 Å². The molecule has 1 amide bonds. The van der Waals surface area contributed by atoms with Gasteiger partial charge in [0.05, 0.1) is 16.4 Å². The van der Waals surface area contributed by atoms with Crippen molar-refractivity contribution < 1.29 is 18.3 Å². The molecule has 3 aromatic carbocycles. The van der Waals surface area contributed by atoms with Crippen LogP contribution in [-0.4, -0.2) is 73.5 Å². The molecule has 8 nitrogen and oxygen atoms in total. The maximum Gasteiger partial charge on any atom is 0.407 e. The average Bonchev–Trinajstić information content (AvgIpc) is 3.03. The monoisotopic (exact) mass is 588 g/mol. The van der Waals surface area contributed by atoms with Gasteiger partial charge in [0.1, 0.15) is 0 Å². The molecular weight excluding hydrogens is 548 g/mol. The van der Waals surface area contributed by atoms with Crippen LogP contribution in [0.5, 0.6) is 0 Å². The highest BCUT2D eigenvalue weighted by molar-refractivity contribution is 7.89. The molecule has 1 N–H and O–H groups in total. The quantitative estimate of drug-likeness (QED) is 0.285. The number of nitrogens with zero attached hydrogens (tertiary/aromatic N) is 4. The van der Waals surface area contributed by atoms with Gasteiger partial charge < -0.3 is 14.9 Å². The van der Waals surface area contributed by atoms with Gasteiger partial charge >= 0.3 is 6.09 Å². The Kier molecular flexibility index (Phi) is 10.7. The van der Waals surface area contributed by atoms with E-state index in [-0.39, 0.29) is 11.4 Å². The number of rotatable bonds is 13. The highest BCUT2D eigenvalue weighted by Gasteiger charge is 2.38. The number of piperidine rings is 1. The van der Waals surface area contributed by atoms with Gasteiger partial charge in [0, 0.05) is 33.2 Å². The Hall–Kier alpha value is -3.71. The van der Waals surface area contributed by atoms with Gasteiger partial charge in [-0.3, -0.25) is 0 Å². The van der Waals surface area contributed by atoms with Gasteiger partial charge in [-0.15, -0.1) is 0 Å². The molecular formula is C33H40N4O4S. The number of benzene rings is 3. The number of carbonyl (C=O) groups is 1. The molecule has 4 rings (SSSR count). The molecule has 1 heterocycles. The van der Waals surface area contributed by atoms with E-state index >= 15 is 0 Å². The summed E-state index contributed by atoms with van der Waals surface area (Å²) in [6.07, 6.45) is 2.35. The van der Waals surface area contributed by atoms with Crippen molar-refractivity contribution >= 4 is 16.1 Å². The summed E-state index contributed by atoms with van der Waals surface area (Å²) in [5, 5.41) is 20.2. The number of carboxylic acid groups (broad SMARTS) is 1. The van der Waals surface area contributed by atoms with E-state index in [0.29, 0.717) is 32.0 Å². The fourth-order valence-corrected chi connectivity index (χ4v) is 6.95. The van der Waals surface area contributed by atoms with E-state index in [1.165, 1.54) is 9.21 Å². The van der Waals surface area contributed by atoms with Gasteiger partial charge in [-0.25, -0.2) is 13.2 Å². The number of likely N-dealkylation sites (tertiary alicyclic amines) is 1. The van der Waals surface area contributed by atoms with Crippen molar-refractivity contribution in [2.75, 3.05) is 39.8 Å². The molecule has 222 valence electrons. The van der Waals surface area contributed by atoms with Crippen LogP contribution in [0.15, 0.2) is 95.9 Å². The molecule has 0 spiro atoms. The first-order valence-electron chi connectivity index (χ1n) is 14.5. The largest absolute Gasteiger partial charge is 0.465 e. The Morgan fingerprint density at radius 1 is 0.976 bits per heavy atom. The highest BCUT2D eigenvalue weighted by Crippen LogP contribution is 2.32. The topological polar surface area (TPSA) is 105 Å². The first kappa shape index (κ1) is 31.2. The third-order valence-electron chi connectivity index (χ3n) is 8.34. The Bertz CT molecular complexity index is 1420. The van der Waals surface area contributed by atoms with E-state index in [1.807, 2.05) is 60.7 Å². The molecule has 0 aromatic heterocycles. The Morgan fingerprint density at radius 3 is 2.12 bits per heavy atom. The van der Waals surface area contributed by atoms with Crippen LogP contribution in [0.4, 0.5) is 4.79 Å². The molecule has 0 bridgehead atoms. The third kappa shape index (κ3) is 7.97. The lowest BCUT2D eigenvalue weighted by atomic mass is 9.78. The van der Waals surface area contributed by atoms with Crippen molar-refractivity contribution in [3.8, 4) is 6.07 Å².